The van der Waals surface area contributed by atoms with E-state index in [1.165, 1.54) is 24.3 Å². The lowest BCUT2D eigenvalue weighted by Gasteiger charge is -2.10. The van der Waals surface area contributed by atoms with Gasteiger partial charge < -0.3 is 5.32 Å². The quantitative estimate of drug-likeness (QED) is 0.581. The minimum Gasteiger partial charge on any atom is -0.322 e. The van der Waals surface area contributed by atoms with Crippen LogP contribution in [0.3, 0.4) is 0 Å². The van der Waals surface area contributed by atoms with Crippen molar-refractivity contribution in [1.82, 2.24) is 0 Å². The Morgan fingerprint density at radius 1 is 1.00 bits per heavy atom. The zero-order valence-corrected chi connectivity index (χ0v) is 17.0. The van der Waals surface area contributed by atoms with Crippen LogP contribution >= 0.6 is 11.6 Å². The summed E-state index contributed by atoms with van der Waals surface area (Å²) in [5, 5.41) is 11.1. The first kappa shape index (κ1) is 21.3. The van der Waals surface area contributed by atoms with Crippen LogP contribution in [0.5, 0.6) is 0 Å². The number of benzene rings is 3. The fourth-order valence-electron chi connectivity index (χ4n) is 2.55. The molecule has 0 aliphatic heterocycles. The Kier molecular flexibility index (Phi) is 6.35. The number of rotatable bonds is 6. The lowest BCUT2D eigenvalue weighted by Crippen LogP contribution is -2.14. The number of amides is 1. The van der Waals surface area contributed by atoms with Crippen molar-refractivity contribution < 1.29 is 17.6 Å². The molecule has 30 heavy (non-hydrogen) atoms. The van der Waals surface area contributed by atoms with Crippen molar-refractivity contribution in [3.05, 3.63) is 88.7 Å². The highest BCUT2D eigenvalue weighted by molar-refractivity contribution is 7.92. The Morgan fingerprint density at radius 3 is 2.23 bits per heavy atom. The molecule has 3 aromatic carbocycles. The van der Waals surface area contributed by atoms with Crippen molar-refractivity contribution in [3.8, 4) is 6.07 Å². The van der Waals surface area contributed by atoms with Crippen LogP contribution in [0.1, 0.15) is 15.9 Å². The molecule has 0 saturated carbocycles. The second kappa shape index (κ2) is 8.95. The maximum atomic E-state index is 13.2. The highest BCUT2D eigenvalue weighted by Gasteiger charge is 2.16. The SMILES string of the molecule is N#CCc1ccc(NC(=O)c2ccc(NS(=O)(=O)c3ccc(F)c(Cl)c3)cc2)cc1. The van der Waals surface area contributed by atoms with E-state index in [2.05, 4.69) is 10.0 Å². The number of nitrogens with one attached hydrogen (secondary N) is 2. The molecule has 0 heterocycles. The van der Waals surface area contributed by atoms with E-state index >= 15 is 0 Å². The van der Waals surface area contributed by atoms with E-state index in [9.17, 15) is 17.6 Å². The predicted molar refractivity (Wildman–Crippen MR) is 112 cm³/mol. The topological polar surface area (TPSA) is 99.1 Å². The molecule has 0 unspecified atom stereocenters. The normalized spacial score (nSPS) is 10.8. The third kappa shape index (κ3) is 5.14. The number of nitrogens with zero attached hydrogens (tertiary/aromatic N) is 1. The van der Waals surface area contributed by atoms with Crippen LogP contribution in [0, 0.1) is 17.1 Å². The van der Waals surface area contributed by atoms with Crippen molar-refractivity contribution in [2.24, 2.45) is 0 Å². The monoisotopic (exact) mass is 443 g/mol. The van der Waals surface area contributed by atoms with Crippen LogP contribution in [0.2, 0.25) is 5.02 Å². The average Bonchev–Trinajstić information content (AvgIpc) is 2.72. The van der Waals surface area contributed by atoms with Gasteiger partial charge in [0.2, 0.25) is 0 Å². The van der Waals surface area contributed by atoms with Gasteiger partial charge in [0.1, 0.15) is 5.82 Å². The minimum atomic E-state index is -3.97. The molecular weight excluding hydrogens is 429 g/mol. The molecule has 0 spiro atoms. The summed E-state index contributed by atoms with van der Waals surface area (Å²) in [4.78, 5) is 12.2. The molecule has 0 atom stereocenters. The summed E-state index contributed by atoms with van der Waals surface area (Å²) in [6.45, 7) is 0. The molecular formula is C21H15ClFN3O3S. The third-order valence-corrected chi connectivity index (χ3v) is 5.76. The largest absolute Gasteiger partial charge is 0.322 e. The zero-order chi connectivity index (χ0) is 21.7. The van der Waals surface area contributed by atoms with Gasteiger partial charge in [-0.05, 0) is 60.2 Å². The van der Waals surface area contributed by atoms with Gasteiger partial charge in [0.05, 0.1) is 22.4 Å². The van der Waals surface area contributed by atoms with Gasteiger partial charge >= 0.3 is 0 Å². The molecule has 0 bridgehead atoms. The Balaban J connectivity index is 1.68. The molecule has 1 amide bonds. The number of hydrogen-bond donors (Lipinski definition) is 2. The van der Waals surface area contributed by atoms with Gasteiger partial charge in [0, 0.05) is 16.9 Å². The molecule has 0 aliphatic carbocycles. The van der Waals surface area contributed by atoms with Gasteiger partial charge in [-0.2, -0.15) is 5.26 Å². The van der Waals surface area contributed by atoms with Gasteiger partial charge in [0.15, 0.2) is 0 Å². The molecule has 0 radical (unpaired) electrons. The second-order valence-electron chi connectivity index (χ2n) is 6.24. The van der Waals surface area contributed by atoms with E-state index in [1.807, 2.05) is 6.07 Å². The van der Waals surface area contributed by atoms with Gasteiger partial charge in [-0.3, -0.25) is 9.52 Å². The first-order valence-electron chi connectivity index (χ1n) is 8.64. The van der Waals surface area contributed by atoms with Gasteiger partial charge in [-0.25, -0.2) is 12.8 Å². The first-order chi connectivity index (χ1) is 14.3. The Morgan fingerprint density at radius 2 is 1.63 bits per heavy atom. The van der Waals surface area contributed by atoms with Crippen LogP contribution in [-0.4, -0.2) is 14.3 Å². The summed E-state index contributed by atoms with van der Waals surface area (Å²) in [7, 11) is -3.97. The summed E-state index contributed by atoms with van der Waals surface area (Å²) in [6.07, 6.45) is 0.287. The molecule has 152 valence electrons. The van der Waals surface area contributed by atoms with E-state index in [-0.39, 0.29) is 27.9 Å². The van der Waals surface area contributed by atoms with Crippen LogP contribution in [0.15, 0.2) is 71.6 Å². The highest BCUT2D eigenvalue weighted by atomic mass is 35.5. The number of carbonyl (C=O) groups is 1. The molecule has 0 aromatic heterocycles. The van der Waals surface area contributed by atoms with Crippen molar-refractivity contribution in [3.63, 3.8) is 0 Å². The van der Waals surface area contributed by atoms with Crippen LogP contribution in [0.25, 0.3) is 0 Å². The molecule has 6 nitrogen and oxygen atoms in total. The fourth-order valence-corrected chi connectivity index (χ4v) is 3.88. The van der Waals surface area contributed by atoms with E-state index < -0.39 is 15.8 Å². The summed E-state index contributed by atoms with van der Waals surface area (Å²) < 4.78 is 40.4. The van der Waals surface area contributed by atoms with Gasteiger partial charge in [0.25, 0.3) is 15.9 Å². The maximum Gasteiger partial charge on any atom is 0.261 e. The molecule has 0 aliphatic rings. The van der Waals surface area contributed by atoms with Crippen LogP contribution in [0.4, 0.5) is 15.8 Å². The number of nitriles is 1. The maximum absolute atomic E-state index is 13.2. The van der Waals surface area contributed by atoms with Crippen LogP contribution < -0.4 is 10.0 Å². The van der Waals surface area contributed by atoms with E-state index in [0.29, 0.717) is 11.3 Å². The molecule has 0 fully saturated rings. The fraction of sp³-hybridized carbons (Fsp3) is 0.0476. The zero-order valence-electron chi connectivity index (χ0n) is 15.4. The summed E-state index contributed by atoms with van der Waals surface area (Å²) in [5.74, 6) is -1.09. The smallest absolute Gasteiger partial charge is 0.261 e. The Labute approximate surface area is 178 Å². The van der Waals surface area contributed by atoms with Crippen LogP contribution in [-0.2, 0) is 16.4 Å². The summed E-state index contributed by atoms with van der Waals surface area (Å²) in [6, 6.07) is 17.8. The number of anilines is 2. The van der Waals surface area contributed by atoms with Crippen molar-refractivity contribution in [2.45, 2.75) is 11.3 Å². The Hall–Kier alpha value is -3.41. The number of halogens is 2. The second-order valence-corrected chi connectivity index (χ2v) is 8.33. The van der Waals surface area contributed by atoms with Gasteiger partial charge in [-0.1, -0.05) is 23.7 Å². The standard InChI is InChI=1S/C21H15ClFN3O3S/c22-19-13-18(9-10-20(19)23)30(28,29)26-17-7-3-15(4-8-17)21(27)25-16-5-1-14(2-6-16)11-12-24/h1-10,13,26H,11H2,(H,25,27). The Bertz CT molecular complexity index is 1220. The van der Waals surface area contributed by atoms with Crippen molar-refractivity contribution >= 4 is 38.9 Å². The molecule has 3 aromatic rings. The lowest BCUT2D eigenvalue weighted by molar-refractivity contribution is 0.102. The van der Waals surface area contributed by atoms with Gasteiger partial charge in [-0.15, -0.1) is 0 Å². The predicted octanol–water partition coefficient (Wildman–Crippen LogP) is 4.60. The average molecular weight is 444 g/mol. The van der Waals surface area contributed by atoms with Crippen molar-refractivity contribution in [2.75, 3.05) is 10.0 Å². The molecule has 9 heteroatoms. The van der Waals surface area contributed by atoms with Crippen molar-refractivity contribution in [1.29, 1.82) is 5.26 Å². The van der Waals surface area contributed by atoms with E-state index in [1.54, 1.807) is 24.3 Å². The molecule has 0 saturated heterocycles. The molecule has 3 rings (SSSR count). The number of carbonyl (C=O) groups excluding carboxylic acids is 1. The molecule has 2 N–H and O–H groups in total. The summed E-state index contributed by atoms with van der Waals surface area (Å²) >= 11 is 5.64. The van der Waals surface area contributed by atoms with E-state index in [4.69, 9.17) is 16.9 Å². The number of sulfonamides is 1. The third-order valence-electron chi connectivity index (χ3n) is 4.10. The van der Waals surface area contributed by atoms with E-state index in [0.717, 1.165) is 23.8 Å². The minimum absolute atomic E-state index is 0.185. The lowest BCUT2D eigenvalue weighted by atomic mass is 10.1. The summed E-state index contributed by atoms with van der Waals surface area (Å²) in [5.41, 5.74) is 1.96. The number of hydrogen-bond acceptors (Lipinski definition) is 4. The first-order valence-corrected chi connectivity index (χ1v) is 10.5. The highest BCUT2D eigenvalue weighted by Crippen LogP contribution is 2.22.